The molecule has 31 heavy (non-hydrogen) atoms. The average molecular weight is 419 g/mol. The fourth-order valence-corrected chi connectivity index (χ4v) is 4.08. The number of piperazine rings is 1. The second kappa shape index (κ2) is 10.4. The Morgan fingerprint density at radius 2 is 1.61 bits per heavy atom. The molecule has 2 amide bonds. The summed E-state index contributed by atoms with van der Waals surface area (Å²) in [6.45, 7) is 5.82. The van der Waals surface area contributed by atoms with Crippen molar-refractivity contribution >= 4 is 29.3 Å². The number of nitrogens with zero attached hydrogens (tertiary/aromatic N) is 3. The topological polar surface area (TPSA) is 55.9 Å². The number of hydrogen-bond acceptors (Lipinski definition) is 4. The molecule has 1 N–H and O–H groups in total. The summed E-state index contributed by atoms with van der Waals surface area (Å²) in [6.07, 6.45) is 5.89. The number of amides is 2. The molecule has 6 heteroatoms. The van der Waals surface area contributed by atoms with Gasteiger partial charge in [0, 0.05) is 57.1 Å². The summed E-state index contributed by atoms with van der Waals surface area (Å²) in [4.78, 5) is 30.7. The van der Waals surface area contributed by atoms with Crippen molar-refractivity contribution in [2.45, 2.75) is 12.8 Å². The van der Waals surface area contributed by atoms with Crippen LogP contribution < -0.4 is 10.2 Å². The molecule has 0 radical (unpaired) electrons. The van der Waals surface area contributed by atoms with Crippen molar-refractivity contribution in [2.75, 3.05) is 56.0 Å². The van der Waals surface area contributed by atoms with E-state index in [1.807, 2.05) is 42.5 Å². The van der Waals surface area contributed by atoms with E-state index in [-0.39, 0.29) is 11.8 Å². The highest BCUT2D eigenvalue weighted by Crippen LogP contribution is 2.23. The maximum atomic E-state index is 12.4. The predicted octanol–water partition coefficient (Wildman–Crippen LogP) is 3.08. The van der Waals surface area contributed by atoms with Crippen LogP contribution in [0.25, 0.3) is 6.08 Å². The Bertz CT molecular complexity index is 903. The van der Waals surface area contributed by atoms with E-state index >= 15 is 0 Å². The smallest absolute Gasteiger partial charge is 0.238 e. The van der Waals surface area contributed by atoms with Crippen LogP contribution in [-0.2, 0) is 9.59 Å². The van der Waals surface area contributed by atoms with Gasteiger partial charge in [0.25, 0.3) is 0 Å². The molecule has 2 aliphatic rings. The highest BCUT2D eigenvalue weighted by Gasteiger charge is 2.22. The van der Waals surface area contributed by atoms with Gasteiger partial charge in [-0.3, -0.25) is 19.4 Å². The number of carbonyl (C=O) groups excluding carboxylic acids is 2. The van der Waals surface area contributed by atoms with Crippen molar-refractivity contribution < 1.29 is 9.59 Å². The van der Waals surface area contributed by atoms with Crippen LogP contribution in [0.5, 0.6) is 0 Å². The van der Waals surface area contributed by atoms with E-state index in [2.05, 4.69) is 39.4 Å². The fourth-order valence-electron chi connectivity index (χ4n) is 4.08. The first-order chi connectivity index (χ1) is 15.2. The lowest BCUT2D eigenvalue weighted by Crippen LogP contribution is -2.48. The number of anilines is 2. The van der Waals surface area contributed by atoms with Gasteiger partial charge >= 0.3 is 0 Å². The van der Waals surface area contributed by atoms with Crippen LogP contribution in [0.3, 0.4) is 0 Å². The number of hydrogen-bond donors (Lipinski definition) is 1. The normalized spacial score (nSPS) is 18.1. The van der Waals surface area contributed by atoms with Gasteiger partial charge in [0.1, 0.15) is 0 Å². The van der Waals surface area contributed by atoms with E-state index in [0.717, 1.165) is 57.1 Å². The van der Waals surface area contributed by atoms with Crippen molar-refractivity contribution in [1.82, 2.24) is 9.80 Å². The van der Waals surface area contributed by atoms with Gasteiger partial charge in [-0.15, -0.1) is 0 Å². The number of carbonyl (C=O) groups is 2. The minimum atomic E-state index is 0.00224. The van der Waals surface area contributed by atoms with Crippen LogP contribution in [0.15, 0.2) is 60.7 Å². The maximum absolute atomic E-state index is 12.4. The van der Waals surface area contributed by atoms with E-state index in [0.29, 0.717) is 13.0 Å². The zero-order valence-corrected chi connectivity index (χ0v) is 17.9. The summed E-state index contributed by atoms with van der Waals surface area (Å²) in [5.41, 5.74) is 2.89. The third-order valence-electron chi connectivity index (χ3n) is 5.84. The second-order valence-electron chi connectivity index (χ2n) is 8.13. The largest absolute Gasteiger partial charge is 0.325 e. The molecule has 2 saturated heterocycles. The highest BCUT2D eigenvalue weighted by molar-refractivity contribution is 5.96. The van der Waals surface area contributed by atoms with Gasteiger partial charge in [0.2, 0.25) is 11.8 Å². The Labute approximate surface area is 184 Å². The molecule has 0 atom stereocenters. The molecule has 4 rings (SSSR count). The fraction of sp³-hybridized carbons (Fsp3) is 0.360. The SMILES string of the molecule is O=C(CN1CCN(C/C=C/c2ccccc2)CC1)Nc1ccc(N2CCCC2=O)cc1. The molecule has 2 aromatic carbocycles. The Kier molecular flexibility index (Phi) is 7.12. The molecular formula is C25H30N4O2. The van der Waals surface area contributed by atoms with E-state index in [1.54, 1.807) is 4.90 Å². The van der Waals surface area contributed by atoms with Gasteiger partial charge in [-0.25, -0.2) is 0 Å². The van der Waals surface area contributed by atoms with Crippen LogP contribution in [-0.4, -0.2) is 67.4 Å². The first kappa shape index (κ1) is 21.3. The molecule has 0 aliphatic carbocycles. The molecule has 2 fully saturated rings. The summed E-state index contributed by atoms with van der Waals surface area (Å²) in [7, 11) is 0. The number of nitrogens with one attached hydrogen (secondary N) is 1. The zero-order valence-electron chi connectivity index (χ0n) is 17.9. The lowest BCUT2D eigenvalue weighted by atomic mass is 10.2. The molecule has 0 saturated carbocycles. The monoisotopic (exact) mass is 418 g/mol. The number of rotatable bonds is 7. The van der Waals surface area contributed by atoms with Crippen LogP contribution in [0.1, 0.15) is 18.4 Å². The third kappa shape index (κ3) is 6.03. The van der Waals surface area contributed by atoms with Crippen molar-refractivity contribution in [3.8, 4) is 0 Å². The summed E-state index contributed by atoms with van der Waals surface area (Å²) >= 11 is 0. The minimum Gasteiger partial charge on any atom is -0.325 e. The van der Waals surface area contributed by atoms with Crippen LogP contribution in [0, 0.1) is 0 Å². The van der Waals surface area contributed by atoms with Crippen molar-refractivity contribution in [1.29, 1.82) is 0 Å². The van der Waals surface area contributed by atoms with E-state index in [9.17, 15) is 9.59 Å². The predicted molar refractivity (Wildman–Crippen MR) is 125 cm³/mol. The van der Waals surface area contributed by atoms with Crippen LogP contribution in [0.2, 0.25) is 0 Å². The molecule has 2 aromatic rings. The van der Waals surface area contributed by atoms with E-state index < -0.39 is 0 Å². The van der Waals surface area contributed by atoms with Gasteiger partial charge in [0.05, 0.1) is 6.54 Å². The highest BCUT2D eigenvalue weighted by atomic mass is 16.2. The van der Waals surface area contributed by atoms with Gasteiger partial charge < -0.3 is 10.2 Å². The Morgan fingerprint density at radius 1 is 0.903 bits per heavy atom. The Morgan fingerprint density at radius 3 is 2.29 bits per heavy atom. The molecule has 0 bridgehead atoms. The first-order valence-corrected chi connectivity index (χ1v) is 11.0. The Hall–Kier alpha value is -2.96. The summed E-state index contributed by atoms with van der Waals surface area (Å²) in [6, 6.07) is 17.9. The van der Waals surface area contributed by atoms with Crippen molar-refractivity contribution in [2.24, 2.45) is 0 Å². The minimum absolute atomic E-state index is 0.00224. The van der Waals surface area contributed by atoms with Gasteiger partial charge in [0.15, 0.2) is 0 Å². The van der Waals surface area contributed by atoms with Gasteiger partial charge in [-0.2, -0.15) is 0 Å². The second-order valence-corrected chi connectivity index (χ2v) is 8.13. The summed E-state index contributed by atoms with van der Waals surface area (Å²) in [5.74, 6) is 0.175. The average Bonchev–Trinajstić information content (AvgIpc) is 3.22. The molecule has 162 valence electrons. The maximum Gasteiger partial charge on any atom is 0.238 e. The zero-order chi connectivity index (χ0) is 21.5. The molecule has 0 aromatic heterocycles. The molecular weight excluding hydrogens is 388 g/mol. The molecule has 0 unspecified atom stereocenters. The third-order valence-corrected chi connectivity index (χ3v) is 5.84. The molecule has 0 spiro atoms. The molecule has 6 nitrogen and oxygen atoms in total. The van der Waals surface area contributed by atoms with Crippen LogP contribution >= 0.6 is 0 Å². The Balaban J connectivity index is 1.18. The standard InChI is InChI=1S/C25H30N4O2/c30-24(26-22-10-12-23(13-11-22)29-15-5-9-25(29)31)20-28-18-16-27(17-19-28)14-4-8-21-6-2-1-3-7-21/h1-4,6-8,10-13H,5,9,14-20H2,(H,26,30)/b8-4+. The number of benzene rings is 2. The van der Waals surface area contributed by atoms with E-state index in [1.165, 1.54) is 5.56 Å². The summed E-state index contributed by atoms with van der Waals surface area (Å²) in [5, 5.41) is 2.97. The lowest BCUT2D eigenvalue weighted by molar-refractivity contribution is -0.118. The quantitative estimate of drug-likeness (QED) is 0.751. The molecule has 2 heterocycles. The van der Waals surface area contributed by atoms with Crippen molar-refractivity contribution in [3.63, 3.8) is 0 Å². The van der Waals surface area contributed by atoms with Crippen LogP contribution in [0.4, 0.5) is 11.4 Å². The van der Waals surface area contributed by atoms with Gasteiger partial charge in [-0.05, 0) is 36.2 Å². The summed E-state index contributed by atoms with van der Waals surface area (Å²) < 4.78 is 0. The first-order valence-electron chi connectivity index (χ1n) is 11.0. The van der Waals surface area contributed by atoms with Gasteiger partial charge in [-0.1, -0.05) is 42.5 Å². The molecule has 2 aliphatic heterocycles. The lowest BCUT2D eigenvalue weighted by Gasteiger charge is -2.33. The van der Waals surface area contributed by atoms with Crippen molar-refractivity contribution in [3.05, 3.63) is 66.2 Å². The van der Waals surface area contributed by atoms with E-state index in [4.69, 9.17) is 0 Å².